The minimum absolute atomic E-state index is 0.0315. The number of amides is 1. The molecule has 2 aromatic carbocycles. The van der Waals surface area contributed by atoms with Gasteiger partial charge < -0.3 is 35.1 Å². The number of pyridine rings is 2. The Morgan fingerprint density at radius 2 is 1.09 bits per heavy atom. The molecule has 0 unspecified atom stereocenters. The van der Waals surface area contributed by atoms with Crippen molar-refractivity contribution in [3.63, 3.8) is 0 Å². The van der Waals surface area contributed by atoms with E-state index in [0.29, 0.717) is 57.0 Å². The van der Waals surface area contributed by atoms with Crippen LogP contribution in [0.5, 0.6) is 11.5 Å². The molecule has 2 heterocycles. The molecule has 0 saturated heterocycles. The van der Waals surface area contributed by atoms with Crippen LogP contribution < -0.4 is 20.5 Å². The molecule has 292 valence electrons. The van der Waals surface area contributed by atoms with Crippen molar-refractivity contribution in [1.29, 1.82) is 0 Å². The largest absolute Gasteiger partial charge is 0.491 e. The maximum atomic E-state index is 13.0. The van der Waals surface area contributed by atoms with Crippen LogP contribution in [-0.2, 0) is 44.7 Å². The quantitative estimate of drug-likeness (QED) is 0.149. The van der Waals surface area contributed by atoms with Gasteiger partial charge in [-0.05, 0) is 73.2 Å². The van der Waals surface area contributed by atoms with Gasteiger partial charge in [0.25, 0.3) is 5.91 Å². The zero-order valence-corrected chi connectivity index (χ0v) is 31.8. The average molecular weight is 755 g/mol. The molecule has 1 amide bonds. The summed E-state index contributed by atoms with van der Waals surface area (Å²) in [4.78, 5) is 56.0. The molecule has 13 nitrogen and oxygen atoms in total. The van der Waals surface area contributed by atoms with Gasteiger partial charge in [0.05, 0.1) is 26.4 Å². The lowest BCUT2D eigenvalue weighted by Gasteiger charge is -2.28. The van der Waals surface area contributed by atoms with Gasteiger partial charge in [-0.2, -0.15) is 0 Å². The molecule has 0 saturated carbocycles. The van der Waals surface area contributed by atoms with Gasteiger partial charge in [-0.1, -0.05) is 62.4 Å². The van der Waals surface area contributed by atoms with Crippen LogP contribution in [0, 0.1) is 0 Å². The number of carbonyl (C=O) groups excluding carboxylic acids is 3. The van der Waals surface area contributed by atoms with E-state index in [1.54, 1.807) is 38.1 Å². The van der Waals surface area contributed by atoms with E-state index in [9.17, 15) is 19.2 Å². The number of benzene rings is 2. The molecule has 0 bridgehead atoms. The molecule has 0 radical (unpaired) electrons. The summed E-state index contributed by atoms with van der Waals surface area (Å²) in [6.07, 6.45) is 6.59. The van der Waals surface area contributed by atoms with Gasteiger partial charge >= 0.3 is 17.9 Å². The predicted octanol–water partition coefficient (Wildman–Crippen LogP) is 5.32. The van der Waals surface area contributed by atoms with Crippen LogP contribution in [0.3, 0.4) is 0 Å². The third-order valence-electron chi connectivity index (χ3n) is 8.82. The number of aromatic carboxylic acids is 1. The van der Waals surface area contributed by atoms with E-state index in [1.807, 2.05) is 62.4 Å². The van der Waals surface area contributed by atoms with Gasteiger partial charge in [-0.25, -0.2) is 19.6 Å². The molecule has 2 aliphatic rings. The summed E-state index contributed by atoms with van der Waals surface area (Å²) in [6, 6.07) is 22.4. The molecular weight excluding hydrogens is 704 g/mol. The van der Waals surface area contributed by atoms with Crippen molar-refractivity contribution in [3.05, 3.63) is 119 Å². The SMILES string of the molecule is CCCOc1cccnc1C(=O)NC1(C(=O)OCC)Cc2ccccc2C1.CCCOc1cccnc1C(=O)O.CCOC(=O)C1(N)Cc2ccccc2C1. The van der Waals surface area contributed by atoms with Gasteiger partial charge in [0.1, 0.15) is 11.1 Å². The van der Waals surface area contributed by atoms with Gasteiger partial charge in [-0.3, -0.25) is 9.59 Å². The third-order valence-corrected chi connectivity index (χ3v) is 8.82. The summed E-state index contributed by atoms with van der Waals surface area (Å²) in [5.41, 5.74) is 8.62. The maximum Gasteiger partial charge on any atom is 0.358 e. The van der Waals surface area contributed by atoms with Crippen molar-refractivity contribution in [1.82, 2.24) is 15.3 Å². The van der Waals surface area contributed by atoms with Crippen molar-refractivity contribution < 1.29 is 43.2 Å². The molecule has 13 heteroatoms. The van der Waals surface area contributed by atoms with Crippen molar-refractivity contribution in [3.8, 4) is 11.5 Å². The summed E-state index contributed by atoms with van der Waals surface area (Å²) in [5.74, 6) is -1.49. The Hall–Kier alpha value is -5.82. The predicted molar refractivity (Wildman–Crippen MR) is 205 cm³/mol. The first-order valence-electron chi connectivity index (χ1n) is 18.5. The summed E-state index contributed by atoms with van der Waals surface area (Å²) in [7, 11) is 0. The van der Waals surface area contributed by atoms with Crippen LogP contribution in [0.15, 0.2) is 85.2 Å². The van der Waals surface area contributed by atoms with Gasteiger partial charge in [0, 0.05) is 38.1 Å². The molecule has 4 aromatic rings. The first-order chi connectivity index (χ1) is 26.5. The zero-order valence-electron chi connectivity index (χ0n) is 31.8. The standard InChI is InChI=1S/C21H24N2O4.C12H15NO2.C9H11NO3/c1-3-12-27-17-10-7-11-22-18(17)19(24)23-21(20(25)26-4-2)13-15-8-5-6-9-16(15)14-21;1-2-15-11(14)12(13)7-9-5-3-4-6-10(9)8-12;1-2-6-13-7-4-3-5-10-8(7)9(11)12/h5-11H,3-4,12-14H2,1-2H3,(H,23,24);3-6H,2,7-8,13H2,1H3;3-5H,2,6H2,1H3,(H,11,12). The highest BCUT2D eigenvalue weighted by atomic mass is 16.5. The van der Waals surface area contributed by atoms with Crippen molar-refractivity contribution in [2.24, 2.45) is 5.73 Å². The van der Waals surface area contributed by atoms with Crippen LogP contribution >= 0.6 is 0 Å². The second-order valence-electron chi connectivity index (χ2n) is 13.1. The lowest BCUT2D eigenvalue weighted by atomic mass is 9.95. The molecule has 0 fully saturated rings. The number of esters is 2. The number of hydrogen-bond donors (Lipinski definition) is 3. The highest BCUT2D eigenvalue weighted by Crippen LogP contribution is 2.32. The van der Waals surface area contributed by atoms with E-state index in [1.165, 1.54) is 12.4 Å². The monoisotopic (exact) mass is 754 g/mol. The molecule has 6 rings (SSSR count). The summed E-state index contributed by atoms with van der Waals surface area (Å²) in [6.45, 7) is 9.12. The van der Waals surface area contributed by atoms with Crippen LogP contribution in [-0.4, -0.2) is 76.4 Å². The number of nitrogens with two attached hydrogens (primary N) is 1. The van der Waals surface area contributed by atoms with Gasteiger partial charge in [-0.15, -0.1) is 0 Å². The smallest absolute Gasteiger partial charge is 0.358 e. The van der Waals surface area contributed by atoms with E-state index in [4.69, 9.17) is 29.8 Å². The molecule has 2 aromatic heterocycles. The topological polar surface area (TPSA) is 189 Å². The van der Waals surface area contributed by atoms with Crippen LogP contribution in [0.4, 0.5) is 0 Å². The fraction of sp³-hybridized carbons (Fsp3) is 0.381. The van der Waals surface area contributed by atoms with Crippen molar-refractivity contribution in [2.45, 2.75) is 77.3 Å². The number of ether oxygens (including phenoxy) is 4. The minimum atomic E-state index is -1.13. The second kappa shape index (κ2) is 20.0. The Balaban J connectivity index is 0.000000202. The Morgan fingerprint density at radius 3 is 1.55 bits per heavy atom. The van der Waals surface area contributed by atoms with Crippen molar-refractivity contribution in [2.75, 3.05) is 26.4 Å². The molecular formula is C42H50N4O9. The number of rotatable bonds is 13. The molecule has 55 heavy (non-hydrogen) atoms. The Morgan fingerprint density at radius 1 is 0.655 bits per heavy atom. The zero-order chi connectivity index (χ0) is 39.8. The third kappa shape index (κ3) is 10.9. The number of fused-ring (bicyclic) bond motifs is 2. The first kappa shape index (κ1) is 41.9. The number of nitrogens with one attached hydrogen (secondary N) is 1. The van der Waals surface area contributed by atoms with E-state index in [0.717, 1.165) is 35.1 Å². The minimum Gasteiger partial charge on any atom is -0.491 e. The van der Waals surface area contributed by atoms with Crippen LogP contribution in [0.1, 0.15) is 83.8 Å². The average Bonchev–Trinajstić information content (AvgIpc) is 3.75. The number of carboxylic acids is 1. The lowest BCUT2D eigenvalue weighted by Crippen LogP contribution is -2.56. The van der Waals surface area contributed by atoms with Crippen molar-refractivity contribution >= 4 is 23.8 Å². The molecule has 0 spiro atoms. The Kier molecular flexibility index (Phi) is 15.3. The Labute approximate surface area is 321 Å². The molecule has 4 N–H and O–H groups in total. The van der Waals surface area contributed by atoms with E-state index >= 15 is 0 Å². The maximum absolute atomic E-state index is 13.0. The van der Waals surface area contributed by atoms with Gasteiger partial charge in [0.15, 0.2) is 22.9 Å². The van der Waals surface area contributed by atoms with E-state index in [2.05, 4.69) is 15.3 Å². The Bertz CT molecular complexity index is 1880. The fourth-order valence-electron chi connectivity index (χ4n) is 6.28. The highest BCUT2D eigenvalue weighted by molar-refractivity contribution is 5.99. The highest BCUT2D eigenvalue weighted by Gasteiger charge is 2.47. The van der Waals surface area contributed by atoms with Gasteiger partial charge in [0.2, 0.25) is 0 Å². The number of aromatic nitrogens is 2. The van der Waals surface area contributed by atoms with E-state index < -0.39 is 28.9 Å². The molecule has 0 aliphatic heterocycles. The van der Waals surface area contributed by atoms with E-state index in [-0.39, 0.29) is 24.0 Å². The number of carboxylic acid groups (broad SMARTS) is 1. The normalized spacial score (nSPS) is 14.0. The number of nitrogens with zero attached hydrogens (tertiary/aromatic N) is 2. The summed E-state index contributed by atoms with van der Waals surface area (Å²) >= 11 is 0. The summed E-state index contributed by atoms with van der Waals surface area (Å²) in [5, 5.41) is 11.6. The van der Waals surface area contributed by atoms with Crippen LogP contribution in [0.25, 0.3) is 0 Å². The van der Waals surface area contributed by atoms with Crippen LogP contribution in [0.2, 0.25) is 0 Å². The second-order valence-corrected chi connectivity index (χ2v) is 13.1. The molecule has 0 atom stereocenters. The number of hydrogen-bond acceptors (Lipinski definition) is 11. The molecule has 2 aliphatic carbocycles. The number of carbonyl (C=O) groups is 4. The first-order valence-corrected chi connectivity index (χ1v) is 18.5. The summed E-state index contributed by atoms with van der Waals surface area (Å²) < 4.78 is 21.1. The lowest BCUT2D eigenvalue weighted by molar-refractivity contribution is -0.150. The fourth-order valence-corrected chi connectivity index (χ4v) is 6.28.